The van der Waals surface area contributed by atoms with Crippen molar-refractivity contribution in [3.63, 3.8) is 0 Å². The van der Waals surface area contributed by atoms with Crippen LogP contribution in [0, 0.1) is 32.6 Å². The molecule has 24 heteroatoms. The number of methoxy groups -OCH3 is 1. The van der Waals surface area contributed by atoms with Crippen LogP contribution in [0.25, 0.3) is 22.1 Å². The van der Waals surface area contributed by atoms with E-state index < -0.39 is 0 Å². The van der Waals surface area contributed by atoms with Crippen molar-refractivity contribution < 1.29 is 23.9 Å². The number of amides is 2. The van der Waals surface area contributed by atoms with Crippen LogP contribution >= 0.6 is 11.6 Å². The number of pyridine rings is 3. The number of nitrogens with zero attached hydrogens (tertiary/aromatic N) is 13. The largest absolute Gasteiger partial charge is 0.496 e. The second kappa shape index (κ2) is 23.6. The molecule has 2 amide bonds. The minimum Gasteiger partial charge on any atom is -0.496 e. The number of aromatic nitrogens is 11. The van der Waals surface area contributed by atoms with Crippen LogP contribution in [0.4, 0.5) is 23.4 Å². The van der Waals surface area contributed by atoms with Crippen molar-refractivity contribution in [3.8, 4) is 17.6 Å². The predicted molar refractivity (Wildman–Crippen MR) is 286 cm³/mol. The first-order valence-corrected chi connectivity index (χ1v) is 25.6. The average Bonchev–Trinajstić information content (AvgIpc) is 4.19. The predicted octanol–water partition coefficient (Wildman–Crippen LogP) is 4.32. The molecule has 1 saturated heterocycles. The number of nitrogens with two attached hydrogens (primary N) is 1. The van der Waals surface area contributed by atoms with E-state index in [4.69, 9.17) is 31.8 Å². The van der Waals surface area contributed by atoms with Crippen LogP contribution in [0.15, 0.2) is 47.9 Å². The molecule has 0 spiro atoms. The molecule has 0 aromatic carbocycles. The normalized spacial score (nSPS) is 14.0. The Labute approximate surface area is 443 Å². The second-order valence-electron chi connectivity index (χ2n) is 18.8. The number of carbonyl (C=O) groups excluding carboxylic acids is 3. The second-order valence-corrected chi connectivity index (χ2v) is 19.2. The molecule has 0 unspecified atom stereocenters. The Balaban J connectivity index is 0.661. The van der Waals surface area contributed by atoms with Crippen LogP contribution in [-0.4, -0.2) is 143 Å². The van der Waals surface area contributed by atoms with Crippen LogP contribution in [0.5, 0.6) is 5.75 Å². The van der Waals surface area contributed by atoms with E-state index in [0.717, 1.165) is 67.0 Å². The van der Waals surface area contributed by atoms with Gasteiger partial charge in [-0.2, -0.15) is 9.97 Å². The van der Waals surface area contributed by atoms with Crippen LogP contribution < -0.4 is 36.9 Å². The maximum atomic E-state index is 13.6. The Morgan fingerprint density at radius 1 is 0.908 bits per heavy atom. The van der Waals surface area contributed by atoms with E-state index in [-0.39, 0.29) is 77.9 Å². The number of hydrogen-bond donors (Lipinski definition) is 4. The number of nitrogens with one attached hydrogen (secondary N) is 3. The SMILES string of the molecule is COc1c(C)cnc(Cn2cc(C#CCCn3cc(C(=O)NCCOCCNC(=O)CN4CCN(c5ccc(Nc6ncc7c(C)c(C(C)=O)c(=O)n(C8CCCC8)c7n6)nc5)CC4)nn3)c3c(Cl)nc(N)nc32)c1C. The zero-order valence-corrected chi connectivity index (χ0v) is 43.9. The van der Waals surface area contributed by atoms with Gasteiger partial charge in [0.15, 0.2) is 11.5 Å². The number of carbonyl (C=O) groups is 3. The quantitative estimate of drug-likeness (QED) is 0.0380. The Kier molecular flexibility index (Phi) is 16.4. The summed E-state index contributed by atoms with van der Waals surface area (Å²) in [6.45, 7) is 12.1. The minimum atomic E-state index is -0.389. The number of piperazine rings is 1. The first-order chi connectivity index (χ1) is 36.8. The lowest BCUT2D eigenvalue weighted by atomic mass is 10.0. The lowest BCUT2D eigenvalue weighted by molar-refractivity contribution is -0.122. The first-order valence-electron chi connectivity index (χ1n) is 25.2. The zero-order valence-electron chi connectivity index (χ0n) is 43.2. The molecule has 7 aromatic rings. The molecule has 76 heavy (non-hydrogen) atoms. The summed E-state index contributed by atoms with van der Waals surface area (Å²) in [7, 11) is 1.64. The lowest BCUT2D eigenvalue weighted by Crippen LogP contribution is -2.49. The number of nitrogen functional groups attached to an aromatic ring is 1. The highest BCUT2D eigenvalue weighted by atomic mass is 35.5. The highest BCUT2D eigenvalue weighted by Gasteiger charge is 2.27. The van der Waals surface area contributed by atoms with E-state index in [1.54, 1.807) is 48.1 Å². The van der Waals surface area contributed by atoms with Gasteiger partial charge in [-0.3, -0.25) is 38.3 Å². The van der Waals surface area contributed by atoms with Gasteiger partial charge in [-0.25, -0.2) is 15.0 Å². The lowest BCUT2D eigenvalue weighted by Gasteiger charge is -2.35. The van der Waals surface area contributed by atoms with Gasteiger partial charge in [-0.05, 0) is 58.2 Å². The zero-order chi connectivity index (χ0) is 53.5. The van der Waals surface area contributed by atoms with E-state index in [9.17, 15) is 19.2 Å². The summed E-state index contributed by atoms with van der Waals surface area (Å²) in [5.74, 6) is 7.27. The molecule has 2 aliphatic rings. The Bertz CT molecular complexity index is 3420. The van der Waals surface area contributed by atoms with E-state index in [1.165, 1.54) is 6.92 Å². The molecule has 2 fully saturated rings. The van der Waals surface area contributed by atoms with Crippen LogP contribution in [-0.2, 0) is 22.6 Å². The molecule has 0 atom stereocenters. The number of anilines is 4. The fourth-order valence-electron chi connectivity index (χ4n) is 9.79. The van der Waals surface area contributed by atoms with Gasteiger partial charge in [-0.1, -0.05) is 41.5 Å². The van der Waals surface area contributed by atoms with Crippen molar-refractivity contribution >= 4 is 74.7 Å². The third-order valence-electron chi connectivity index (χ3n) is 13.7. The number of ketones is 1. The molecular formula is C52H60ClN17O6. The summed E-state index contributed by atoms with van der Waals surface area (Å²) < 4.78 is 16.4. The highest BCUT2D eigenvalue weighted by molar-refractivity contribution is 6.34. The summed E-state index contributed by atoms with van der Waals surface area (Å²) >= 11 is 6.55. The fraction of sp³-hybridized carbons (Fsp3) is 0.423. The van der Waals surface area contributed by atoms with Crippen molar-refractivity contribution in [1.29, 1.82) is 0 Å². The van der Waals surface area contributed by atoms with Crippen LogP contribution in [0.1, 0.15) is 93.9 Å². The van der Waals surface area contributed by atoms with Gasteiger partial charge in [0, 0.05) is 86.8 Å². The van der Waals surface area contributed by atoms with Crippen molar-refractivity contribution in [2.45, 2.75) is 78.9 Å². The Morgan fingerprint density at radius 3 is 2.42 bits per heavy atom. The average molecular weight is 1050 g/mol. The maximum Gasteiger partial charge on any atom is 0.273 e. The fourth-order valence-corrected chi connectivity index (χ4v) is 10.1. The van der Waals surface area contributed by atoms with Crippen molar-refractivity contribution in [1.82, 2.24) is 69.6 Å². The summed E-state index contributed by atoms with van der Waals surface area (Å²) in [6, 6.07) is 3.83. The van der Waals surface area contributed by atoms with Gasteiger partial charge < -0.3 is 40.6 Å². The van der Waals surface area contributed by atoms with Gasteiger partial charge in [0.05, 0.1) is 80.2 Å². The molecule has 9 rings (SSSR count). The molecule has 1 aliphatic heterocycles. The van der Waals surface area contributed by atoms with Gasteiger partial charge in [0.2, 0.25) is 17.8 Å². The number of rotatable bonds is 19. The number of Topliss-reactive ketones (excluding diaryl/α,β-unsaturated/α-hetero) is 1. The Hall–Kier alpha value is -8.07. The molecule has 1 aliphatic carbocycles. The van der Waals surface area contributed by atoms with E-state index in [1.807, 2.05) is 36.7 Å². The molecule has 0 bridgehead atoms. The number of hydrogen-bond acceptors (Lipinski definition) is 18. The molecule has 8 heterocycles. The molecule has 1 saturated carbocycles. The molecular weight excluding hydrogens is 994 g/mol. The number of aryl methyl sites for hydroxylation is 3. The standard InChI is InChI=1S/C52H60ClN17O6/c1-31-24-57-39(33(3)45(31)75-5)28-68-27-35(44-46(53)61-51(54)62-48(44)68)10-8-9-17-69-29-40(64-65-69)49(73)56-16-23-76-22-15-55-42(72)30-66-18-20-67(21-19-66)37-13-14-41(58-25-37)60-52-59-26-38-32(2)43(34(4)71)50(74)70(47(38)63-52)36-11-6-7-12-36/h13-14,24-27,29,36H,6-7,9,11-12,15-23,28,30H2,1-5H3,(H,55,72)(H,56,73)(H2,54,61,62)(H,58,59,60,63). The molecule has 5 N–H and O–H groups in total. The third-order valence-corrected chi connectivity index (χ3v) is 13.9. The molecule has 0 radical (unpaired) electrons. The molecule has 396 valence electrons. The number of fused-ring (bicyclic) bond motifs is 2. The third kappa shape index (κ3) is 11.9. The smallest absolute Gasteiger partial charge is 0.273 e. The van der Waals surface area contributed by atoms with E-state index in [0.29, 0.717) is 84.1 Å². The van der Waals surface area contributed by atoms with Gasteiger partial charge >= 0.3 is 0 Å². The summed E-state index contributed by atoms with van der Waals surface area (Å²) in [4.78, 5) is 83.1. The first kappa shape index (κ1) is 52.8. The van der Waals surface area contributed by atoms with Crippen molar-refractivity contribution in [2.75, 3.05) is 82.1 Å². The van der Waals surface area contributed by atoms with Gasteiger partial charge in [-0.15, -0.1) is 5.10 Å². The monoisotopic (exact) mass is 1050 g/mol. The number of halogens is 1. The molecule has 7 aromatic heterocycles. The Morgan fingerprint density at radius 2 is 1.68 bits per heavy atom. The summed E-state index contributed by atoms with van der Waals surface area (Å²) in [5, 5.41) is 18.4. The van der Waals surface area contributed by atoms with E-state index in [2.05, 4.69) is 72.8 Å². The van der Waals surface area contributed by atoms with Crippen molar-refractivity contribution in [2.24, 2.45) is 0 Å². The van der Waals surface area contributed by atoms with Gasteiger partial charge in [0.25, 0.3) is 11.5 Å². The summed E-state index contributed by atoms with van der Waals surface area (Å²) in [5.41, 5.74) is 11.9. The maximum absolute atomic E-state index is 13.6. The van der Waals surface area contributed by atoms with Crippen molar-refractivity contribution in [3.05, 3.63) is 97.8 Å². The van der Waals surface area contributed by atoms with Gasteiger partial charge in [0.1, 0.15) is 28.0 Å². The topological polar surface area (TPSA) is 273 Å². The summed E-state index contributed by atoms with van der Waals surface area (Å²) in [6.07, 6.45) is 12.8. The van der Waals surface area contributed by atoms with Crippen LogP contribution in [0.2, 0.25) is 5.15 Å². The van der Waals surface area contributed by atoms with Crippen LogP contribution in [0.3, 0.4) is 0 Å². The molecule has 23 nitrogen and oxygen atoms in total. The van der Waals surface area contributed by atoms with E-state index >= 15 is 0 Å². The minimum absolute atomic E-state index is 0.0137. The highest BCUT2D eigenvalue weighted by Crippen LogP contribution is 2.33. The number of ether oxygens (including phenoxy) is 2.